The molecule has 1 heterocycles. The second-order valence-electron chi connectivity index (χ2n) is 5.75. The van der Waals surface area contributed by atoms with Crippen molar-refractivity contribution in [1.82, 2.24) is 0 Å². The van der Waals surface area contributed by atoms with Crippen LogP contribution in [0.25, 0.3) is 0 Å². The van der Waals surface area contributed by atoms with Crippen molar-refractivity contribution >= 4 is 11.4 Å². The van der Waals surface area contributed by atoms with Crippen molar-refractivity contribution in [3.63, 3.8) is 0 Å². The molecular weight excluding hydrogens is 228 g/mol. The zero-order chi connectivity index (χ0) is 12.8. The molecule has 0 bridgehead atoms. The first-order valence-corrected chi connectivity index (χ1v) is 6.60. The predicted octanol–water partition coefficient (Wildman–Crippen LogP) is 3.28. The van der Waals surface area contributed by atoms with Crippen LogP contribution in [0.4, 0.5) is 11.4 Å². The number of nitro groups is 1. The van der Waals surface area contributed by atoms with E-state index in [1.54, 1.807) is 6.07 Å². The van der Waals surface area contributed by atoms with E-state index in [1.807, 2.05) is 19.1 Å². The van der Waals surface area contributed by atoms with Crippen LogP contribution < -0.4 is 4.90 Å². The molecule has 1 saturated heterocycles. The van der Waals surface area contributed by atoms with Crippen molar-refractivity contribution in [3.8, 4) is 0 Å². The summed E-state index contributed by atoms with van der Waals surface area (Å²) in [7, 11) is 0. The lowest BCUT2D eigenvalue weighted by molar-refractivity contribution is -0.385. The molecule has 0 atom stereocenters. The monoisotopic (exact) mass is 246 g/mol. The first-order valence-electron chi connectivity index (χ1n) is 6.60. The van der Waals surface area contributed by atoms with Crippen molar-refractivity contribution in [3.05, 3.63) is 33.9 Å². The molecule has 1 saturated carbocycles. The number of benzene rings is 1. The summed E-state index contributed by atoms with van der Waals surface area (Å²) in [4.78, 5) is 12.9. The minimum atomic E-state index is -0.308. The van der Waals surface area contributed by atoms with E-state index in [0.29, 0.717) is 5.41 Å². The maximum absolute atomic E-state index is 10.8. The van der Waals surface area contributed by atoms with Crippen molar-refractivity contribution < 1.29 is 4.92 Å². The molecule has 0 N–H and O–H groups in total. The van der Waals surface area contributed by atoms with Gasteiger partial charge in [0.25, 0.3) is 5.69 Å². The SMILES string of the molecule is Cc1cc(N2CCCC3(CC3)C2)ccc1[N+](=O)[O-]. The normalized spacial score (nSPS) is 21.1. The first-order chi connectivity index (χ1) is 8.60. The van der Waals surface area contributed by atoms with E-state index < -0.39 is 0 Å². The van der Waals surface area contributed by atoms with Crippen molar-refractivity contribution in [2.24, 2.45) is 5.41 Å². The highest BCUT2D eigenvalue weighted by atomic mass is 16.6. The minimum absolute atomic E-state index is 0.219. The lowest BCUT2D eigenvalue weighted by atomic mass is 9.94. The molecule has 0 aromatic heterocycles. The van der Waals surface area contributed by atoms with E-state index in [-0.39, 0.29) is 10.6 Å². The summed E-state index contributed by atoms with van der Waals surface area (Å²) in [6.45, 7) is 4.03. The van der Waals surface area contributed by atoms with Gasteiger partial charge in [-0.1, -0.05) is 0 Å². The zero-order valence-electron chi connectivity index (χ0n) is 10.7. The van der Waals surface area contributed by atoms with Gasteiger partial charge in [-0.15, -0.1) is 0 Å². The van der Waals surface area contributed by atoms with Gasteiger partial charge >= 0.3 is 0 Å². The summed E-state index contributed by atoms with van der Waals surface area (Å²) in [5.41, 5.74) is 2.70. The first kappa shape index (κ1) is 11.5. The van der Waals surface area contributed by atoms with Crippen LogP contribution in [0.5, 0.6) is 0 Å². The molecule has 2 aliphatic rings. The Labute approximate surface area is 107 Å². The summed E-state index contributed by atoms with van der Waals surface area (Å²) in [6, 6.07) is 5.49. The number of nitrogens with zero attached hydrogens (tertiary/aromatic N) is 2. The number of hydrogen-bond donors (Lipinski definition) is 0. The van der Waals surface area contributed by atoms with Gasteiger partial charge < -0.3 is 4.90 Å². The van der Waals surface area contributed by atoms with Gasteiger partial charge in [-0.2, -0.15) is 0 Å². The third-order valence-electron chi connectivity index (χ3n) is 4.36. The fourth-order valence-corrected chi connectivity index (χ4v) is 3.05. The fourth-order valence-electron chi connectivity index (χ4n) is 3.05. The van der Waals surface area contributed by atoms with Crippen LogP contribution in [-0.2, 0) is 0 Å². The van der Waals surface area contributed by atoms with E-state index in [4.69, 9.17) is 0 Å². The average molecular weight is 246 g/mol. The molecule has 0 amide bonds. The van der Waals surface area contributed by atoms with E-state index in [0.717, 1.165) is 24.3 Å². The Bertz CT molecular complexity index is 495. The minimum Gasteiger partial charge on any atom is -0.371 e. The Morgan fingerprint density at radius 2 is 2.11 bits per heavy atom. The highest BCUT2D eigenvalue weighted by molar-refractivity contribution is 5.55. The van der Waals surface area contributed by atoms with Gasteiger partial charge in [-0.3, -0.25) is 10.1 Å². The van der Waals surface area contributed by atoms with E-state index in [2.05, 4.69) is 4.90 Å². The van der Waals surface area contributed by atoms with E-state index in [9.17, 15) is 10.1 Å². The molecule has 0 radical (unpaired) electrons. The van der Waals surface area contributed by atoms with Gasteiger partial charge in [0.15, 0.2) is 0 Å². The number of hydrogen-bond acceptors (Lipinski definition) is 3. The largest absolute Gasteiger partial charge is 0.371 e. The maximum atomic E-state index is 10.8. The van der Waals surface area contributed by atoms with E-state index in [1.165, 1.54) is 25.7 Å². The Morgan fingerprint density at radius 1 is 1.33 bits per heavy atom. The lowest BCUT2D eigenvalue weighted by Gasteiger charge is -2.34. The van der Waals surface area contributed by atoms with Gasteiger partial charge in [0.1, 0.15) is 0 Å². The average Bonchev–Trinajstić information content (AvgIpc) is 3.08. The highest BCUT2D eigenvalue weighted by Gasteiger charge is 2.45. The standard InChI is InChI=1S/C14H18N2O2/c1-11-9-12(3-4-13(11)16(17)18)15-8-2-5-14(10-15)6-7-14/h3-4,9H,2,5-8,10H2,1H3. The lowest BCUT2D eigenvalue weighted by Crippen LogP contribution is -2.36. The summed E-state index contributed by atoms with van der Waals surface area (Å²) in [5, 5.41) is 10.8. The van der Waals surface area contributed by atoms with Crippen LogP contribution in [0.3, 0.4) is 0 Å². The Kier molecular flexibility index (Phi) is 2.54. The Morgan fingerprint density at radius 3 is 2.72 bits per heavy atom. The summed E-state index contributed by atoms with van der Waals surface area (Å²) in [6.07, 6.45) is 5.32. The van der Waals surface area contributed by atoms with E-state index >= 15 is 0 Å². The van der Waals surface area contributed by atoms with Crippen molar-refractivity contribution in [2.45, 2.75) is 32.6 Å². The van der Waals surface area contributed by atoms with Crippen LogP contribution in [0.1, 0.15) is 31.2 Å². The molecule has 96 valence electrons. The Balaban J connectivity index is 1.83. The summed E-state index contributed by atoms with van der Waals surface area (Å²) < 4.78 is 0. The molecule has 18 heavy (non-hydrogen) atoms. The fraction of sp³-hybridized carbons (Fsp3) is 0.571. The molecule has 0 unspecified atom stereocenters. The topological polar surface area (TPSA) is 46.4 Å². The van der Waals surface area contributed by atoms with Crippen molar-refractivity contribution in [1.29, 1.82) is 0 Å². The van der Waals surface area contributed by atoms with Crippen LogP contribution in [-0.4, -0.2) is 18.0 Å². The number of nitro benzene ring substituents is 1. The zero-order valence-corrected chi connectivity index (χ0v) is 10.7. The highest BCUT2D eigenvalue weighted by Crippen LogP contribution is 2.52. The second-order valence-corrected chi connectivity index (χ2v) is 5.75. The van der Waals surface area contributed by atoms with Crippen molar-refractivity contribution in [2.75, 3.05) is 18.0 Å². The van der Waals surface area contributed by atoms with Gasteiger partial charge in [0, 0.05) is 30.4 Å². The predicted molar refractivity (Wildman–Crippen MR) is 70.9 cm³/mol. The van der Waals surface area contributed by atoms with Gasteiger partial charge in [-0.05, 0) is 50.2 Å². The second kappa shape index (κ2) is 3.97. The summed E-state index contributed by atoms with van der Waals surface area (Å²) in [5.74, 6) is 0. The van der Waals surface area contributed by atoms with Crippen LogP contribution in [0, 0.1) is 22.5 Å². The molecule has 1 aromatic carbocycles. The molecule has 4 nitrogen and oxygen atoms in total. The van der Waals surface area contributed by atoms with Crippen LogP contribution >= 0.6 is 0 Å². The van der Waals surface area contributed by atoms with Crippen LogP contribution in [0.15, 0.2) is 18.2 Å². The molecule has 1 spiro atoms. The molecule has 1 aliphatic carbocycles. The number of piperidine rings is 1. The Hall–Kier alpha value is -1.58. The maximum Gasteiger partial charge on any atom is 0.272 e. The quantitative estimate of drug-likeness (QED) is 0.594. The molecule has 2 fully saturated rings. The smallest absolute Gasteiger partial charge is 0.272 e. The van der Waals surface area contributed by atoms with Gasteiger partial charge in [0.2, 0.25) is 0 Å². The third kappa shape index (κ3) is 1.96. The molecule has 1 aromatic rings. The molecular formula is C14H18N2O2. The molecule has 3 rings (SSSR count). The number of aryl methyl sites for hydroxylation is 1. The number of anilines is 1. The van der Waals surface area contributed by atoms with Crippen LogP contribution in [0.2, 0.25) is 0 Å². The molecule has 1 aliphatic heterocycles. The summed E-state index contributed by atoms with van der Waals surface area (Å²) >= 11 is 0. The van der Waals surface area contributed by atoms with Gasteiger partial charge in [-0.25, -0.2) is 0 Å². The molecule has 4 heteroatoms. The van der Waals surface area contributed by atoms with Gasteiger partial charge in [0.05, 0.1) is 4.92 Å². The third-order valence-corrected chi connectivity index (χ3v) is 4.36. The number of rotatable bonds is 2.